The fourth-order valence-corrected chi connectivity index (χ4v) is 2.26. The van der Waals surface area contributed by atoms with Crippen LogP contribution in [0.5, 0.6) is 0 Å². The summed E-state index contributed by atoms with van der Waals surface area (Å²) in [6.07, 6.45) is 0. The van der Waals surface area contributed by atoms with Gasteiger partial charge in [-0.15, -0.1) is 0 Å². The van der Waals surface area contributed by atoms with Gasteiger partial charge >= 0.3 is 5.97 Å². The molecule has 1 heterocycles. The molecule has 0 atom stereocenters. The first kappa shape index (κ1) is 15.2. The molecule has 1 aromatic carbocycles. The summed E-state index contributed by atoms with van der Waals surface area (Å²) in [6.45, 7) is 7.80. The molecular weight excluding hydrogens is 270 g/mol. The third-order valence-electron chi connectivity index (χ3n) is 3.43. The fraction of sp³-hybridized carbons (Fsp3) is 0.438. The number of ketones is 1. The number of ether oxygens (including phenoxy) is 1. The van der Waals surface area contributed by atoms with Gasteiger partial charge in [-0.2, -0.15) is 0 Å². The van der Waals surface area contributed by atoms with Gasteiger partial charge in [-0.3, -0.25) is 19.3 Å². The van der Waals surface area contributed by atoms with Crippen LogP contribution in [-0.4, -0.2) is 30.8 Å². The van der Waals surface area contributed by atoms with Crippen LogP contribution in [0.25, 0.3) is 0 Å². The molecule has 0 radical (unpaired) electrons. The summed E-state index contributed by atoms with van der Waals surface area (Å²) < 4.78 is 4.84. The Kier molecular flexibility index (Phi) is 3.85. The van der Waals surface area contributed by atoms with Gasteiger partial charge in [-0.25, -0.2) is 0 Å². The van der Waals surface area contributed by atoms with E-state index in [1.807, 2.05) is 26.8 Å². The Morgan fingerprint density at radius 3 is 2.48 bits per heavy atom. The highest BCUT2D eigenvalue weighted by Crippen LogP contribution is 2.33. The number of amides is 1. The highest BCUT2D eigenvalue weighted by atomic mass is 16.5. The van der Waals surface area contributed by atoms with Crippen LogP contribution in [0.2, 0.25) is 0 Å². The third kappa shape index (κ3) is 2.82. The van der Waals surface area contributed by atoms with Gasteiger partial charge < -0.3 is 4.74 Å². The number of esters is 1. The standard InChI is InChI=1S/C16H19NO4/c1-5-21-13(18)9-17-12-7-6-10(16(2,3)4)8-11(12)14(19)15(17)20/h6-8H,5,9H2,1-4H3. The second-order valence-electron chi connectivity index (χ2n) is 6.01. The molecule has 0 unspecified atom stereocenters. The summed E-state index contributed by atoms with van der Waals surface area (Å²) in [5, 5.41) is 0. The largest absolute Gasteiger partial charge is 0.465 e. The van der Waals surface area contributed by atoms with E-state index < -0.39 is 17.7 Å². The van der Waals surface area contributed by atoms with Crippen molar-refractivity contribution >= 4 is 23.3 Å². The topological polar surface area (TPSA) is 63.7 Å². The van der Waals surface area contributed by atoms with Crippen molar-refractivity contribution in [3.05, 3.63) is 29.3 Å². The molecule has 5 nitrogen and oxygen atoms in total. The maximum Gasteiger partial charge on any atom is 0.326 e. The van der Waals surface area contributed by atoms with Crippen LogP contribution in [0.4, 0.5) is 5.69 Å². The average molecular weight is 289 g/mol. The predicted octanol–water partition coefficient (Wildman–Crippen LogP) is 2.08. The first-order chi connectivity index (χ1) is 9.75. The number of rotatable bonds is 3. The fourth-order valence-electron chi connectivity index (χ4n) is 2.26. The van der Waals surface area contributed by atoms with Crippen molar-refractivity contribution in [2.75, 3.05) is 18.1 Å². The van der Waals surface area contributed by atoms with Gasteiger partial charge in [0, 0.05) is 0 Å². The number of fused-ring (bicyclic) bond motifs is 1. The van der Waals surface area contributed by atoms with Crippen LogP contribution in [0, 0.1) is 0 Å². The summed E-state index contributed by atoms with van der Waals surface area (Å²) in [5.74, 6) is -1.77. The second kappa shape index (κ2) is 5.31. The molecule has 0 N–H and O–H groups in total. The number of hydrogen-bond acceptors (Lipinski definition) is 4. The zero-order chi connectivity index (χ0) is 15.8. The van der Waals surface area contributed by atoms with Crippen LogP contribution >= 0.6 is 0 Å². The molecular formula is C16H19NO4. The van der Waals surface area contributed by atoms with E-state index in [1.54, 1.807) is 19.1 Å². The molecule has 1 aliphatic rings. The summed E-state index contributed by atoms with van der Waals surface area (Å²) >= 11 is 0. The lowest BCUT2D eigenvalue weighted by atomic mass is 9.86. The quantitative estimate of drug-likeness (QED) is 0.631. The first-order valence-corrected chi connectivity index (χ1v) is 6.92. The Balaban J connectivity index is 2.37. The third-order valence-corrected chi connectivity index (χ3v) is 3.43. The highest BCUT2D eigenvalue weighted by molar-refractivity contribution is 6.52. The van der Waals surface area contributed by atoms with Gasteiger partial charge in [0.05, 0.1) is 17.9 Å². The minimum absolute atomic E-state index is 0.118. The van der Waals surface area contributed by atoms with Crippen molar-refractivity contribution < 1.29 is 19.1 Å². The van der Waals surface area contributed by atoms with Gasteiger partial charge in [0.15, 0.2) is 0 Å². The van der Waals surface area contributed by atoms with E-state index in [2.05, 4.69) is 0 Å². The minimum Gasteiger partial charge on any atom is -0.465 e. The number of anilines is 1. The van der Waals surface area contributed by atoms with Gasteiger partial charge in [-0.1, -0.05) is 26.8 Å². The van der Waals surface area contributed by atoms with Crippen molar-refractivity contribution in [3.63, 3.8) is 0 Å². The Hall–Kier alpha value is -2.17. The smallest absolute Gasteiger partial charge is 0.326 e. The molecule has 2 rings (SSSR count). The molecule has 0 aromatic heterocycles. The SMILES string of the molecule is CCOC(=O)CN1C(=O)C(=O)c2cc(C(C)(C)C)ccc21. The number of carbonyl (C=O) groups is 3. The van der Waals surface area contributed by atoms with Crippen molar-refractivity contribution in [1.29, 1.82) is 0 Å². The Labute approximate surface area is 123 Å². The van der Waals surface area contributed by atoms with E-state index in [-0.39, 0.29) is 18.6 Å². The number of carbonyl (C=O) groups excluding carboxylic acids is 3. The van der Waals surface area contributed by atoms with Crippen molar-refractivity contribution in [2.45, 2.75) is 33.1 Å². The zero-order valence-electron chi connectivity index (χ0n) is 12.7. The molecule has 0 aliphatic carbocycles. The number of benzene rings is 1. The number of hydrogen-bond donors (Lipinski definition) is 0. The molecule has 0 saturated carbocycles. The molecule has 1 amide bonds. The molecule has 0 saturated heterocycles. The number of nitrogens with zero attached hydrogens (tertiary/aromatic N) is 1. The Bertz CT molecular complexity index is 613. The van der Waals surface area contributed by atoms with Crippen LogP contribution in [0.1, 0.15) is 43.6 Å². The Morgan fingerprint density at radius 2 is 1.90 bits per heavy atom. The maximum atomic E-state index is 12.1. The first-order valence-electron chi connectivity index (χ1n) is 6.92. The van der Waals surface area contributed by atoms with Gasteiger partial charge in [0.25, 0.3) is 11.7 Å². The summed E-state index contributed by atoms with van der Waals surface area (Å²) in [4.78, 5) is 36.9. The molecule has 0 spiro atoms. The maximum absolute atomic E-state index is 12.1. The van der Waals surface area contributed by atoms with E-state index in [4.69, 9.17) is 4.74 Å². The number of Topliss-reactive ketones (excluding diaryl/α,β-unsaturated/α-hetero) is 1. The normalized spacial score (nSPS) is 14.4. The summed E-state index contributed by atoms with van der Waals surface area (Å²) in [6, 6.07) is 5.33. The van der Waals surface area contributed by atoms with Crippen LogP contribution in [0.15, 0.2) is 18.2 Å². The lowest BCUT2D eigenvalue weighted by molar-refractivity contribution is -0.142. The van der Waals surface area contributed by atoms with Gasteiger partial charge in [0.2, 0.25) is 0 Å². The minimum atomic E-state index is -0.677. The molecule has 0 fully saturated rings. The predicted molar refractivity (Wildman–Crippen MR) is 78.5 cm³/mol. The van der Waals surface area contributed by atoms with E-state index >= 15 is 0 Å². The zero-order valence-corrected chi connectivity index (χ0v) is 12.7. The Morgan fingerprint density at radius 1 is 1.24 bits per heavy atom. The second-order valence-corrected chi connectivity index (χ2v) is 6.01. The van der Waals surface area contributed by atoms with E-state index in [0.29, 0.717) is 11.3 Å². The summed E-state index contributed by atoms with van der Waals surface area (Å²) in [5.41, 5.74) is 1.69. The van der Waals surface area contributed by atoms with Crippen molar-refractivity contribution in [3.8, 4) is 0 Å². The van der Waals surface area contributed by atoms with Gasteiger partial charge in [0.1, 0.15) is 6.54 Å². The van der Waals surface area contributed by atoms with Gasteiger partial charge in [-0.05, 0) is 30.0 Å². The van der Waals surface area contributed by atoms with Crippen molar-refractivity contribution in [2.24, 2.45) is 0 Å². The average Bonchev–Trinajstić information content (AvgIpc) is 2.63. The van der Waals surface area contributed by atoms with Crippen LogP contribution in [0.3, 0.4) is 0 Å². The molecule has 1 aromatic rings. The highest BCUT2D eigenvalue weighted by Gasteiger charge is 2.37. The summed E-state index contributed by atoms with van der Waals surface area (Å²) in [7, 11) is 0. The molecule has 0 bridgehead atoms. The molecule has 5 heteroatoms. The van der Waals surface area contributed by atoms with Crippen LogP contribution in [-0.2, 0) is 19.7 Å². The molecule has 112 valence electrons. The van der Waals surface area contributed by atoms with Crippen LogP contribution < -0.4 is 4.90 Å². The monoisotopic (exact) mass is 289 g/mol. The lowest BCUT2D eigenvalue weighted by Gasteiger charge is -2.20. The molecule has 21 heavy (non-hydrogen) atoms. The van der Waals surface area contributed by atoms with Crippen molar-refractivity contribution in [1.82, 2.24) is 0 Å². The lowest BCUT2D eigenvalue weighted by Crippen LogP contribution is -2.35. The molecule has 1 aliphatic heterocycles. The van der Waals surface area contributed by atoms with E-state index in [0.717, 1.165) is 5.56 Å². The van der Waals surface area contributed by atoms with E-state index in [9.17, 15) is 14.4 Å². The van der Waals surface area contributed by atoms with E-state index in [1.165, 1.54) is 4.90 Å².